The predicted molar refractivity (Wildman–Crippen MR) is 85.2 cm³/mol. The van der Waals surface area contributed by atoms with Crippen LogP contribution in [0.15, 0.2) is 0 Å². The zero-order chi connectivity index (χ0) is 14.8. The fraction of sp³-hybridized carbons (Fsp3) is 0.750. The van der Waals surface area contributed by atoms with Crippen molar-refractivity contribution in [3.8, 4) is 0 Å². The van der Waals surface area contributed by atoms with Gasteiger partial charge in [0.15, 0.2) is 0 Å². The van der Waals surface area contributed by atoms with Crippen molar-refractivity contribution in [2.24, 2.45) is 0 Å². The maximum Gasteiger partial charge on any atom is 0.137 e. The third-order valence-corrected chi connectivity index (χ3v) is 4.40. The smallest absolute Gasteiger partial charge is 0.137 e. The molecule has 2 aliphatic rings. The van der Waals surface area contributed by atoms with Crippen molar-refractivity contribution < 1.29 is 4.74 Å². The van der Waals surface area contributed by atoms with Crippen LogP contribution in [0, 0.1) is 6.92 Å². The Labute approximate surface area is 127 Å². The zero-order valence-electron chi connectivity index (χ0n) is 13.4. The lowest BCUT2D eigenvalue weighted by atomic mass is 10.2. The normalized spacial score (nSPS) is 21.9. The van der Waals surface area contributed by atoms with Crippen molar-refractivity contribution in [2.45, 2.75) is 51.6 Å². The molecule has 1 N–H and O–H groups in total. The third-order valence-electron chi connectivity index (χ3n) is 4.40. The van der Waals surface area contributed by atoms with Gasteiger partial charge in [0, 0.05) is 38.2 Å². The lowest BCUT2D eigenvalue weighted by Gasteiger charge is -2.22. The fourth-order valence-corrected chi connectivity index (χ4v) is 2.88. The monoisotopic (exact) mass is 290 g/mol. The first-order chi connectivity index (χ1) is 10.2. The number of aromatic nitrogens is 2. The number of ether oxygens (including phenoxy) is 1. The van der Waals surface area contributed by atoms with E-state index in [4.69, 9.17) is 14.7 Å². The molecule has 0 aromatic carbocycles. The first-order valence-electron chi connectivity index (χ1n) is 8.13. The first kappa shape index (κ1) is 14.6. The summed E-state index contributed by atoms with van der Waals surface area (Å²) in [5, 5.41) is 3.47. The van der Waals surface area contributed by atoms with Crippen molar-refractivity contribution in [1.29, 1.82) is 0 Å². The van der Waals surface area contributed by atoms with E-state index in [2.05, 4.69) is 24.1 Å². The topological polar surface area (TPSA) is 50.3 Å². The van der Waals surface area contributed by atoms with E-state index in [1.807, 2.05) is 0 Å². The van der Waals surface area contributed by atoms with Crippen LogP contribution in [-0.2, 0) is 4.74 Å². The second kappa shape index (κ2) is 6.18. The molecule has 5 heteroatoms. The van der Waals surface area contributed by atoms with Gasteiger partial charge in [-0.2, -0.15) is 0 Å². The minimum absolute atomic E-state index is 0.329. The second-order valence-electron chi connectivity index (χ2n) is 6.17. The molecule has 0 radical (unpaired) electrons. The Balaban J connectivity index is 1.88. The molecule has 1 aliphatic heterocycles. The number of anilines is 2. The van der Waals surface area contributed by atoms with E-state index in [1.54, 1.807) is 7.11 Å². The average Bonchev–Trinajstić information content (AvgIpc) is 3.24. The highest BCUT2D eigenvalue weighted by molar-refractivity contribution is 5.59. The van der Waals surface area contributed by atoms with Crippen LogP contribution < -0.4 is 10.2 Å². The molecule has 1 aliphatic carbocycles. The quantitative estimate of drug-likeness (QED) is 0.873. The van der Waals surface area contributed by atoms with Gasteiger partial charge in [-0.1, -0.05) is 6.92 Å². The Morgan fingerprint density at radius 1 is 1.29 bits per heavy atom. The number of nitrogens with zero attached hydrogens (tertiary/aromatic N) is 3. The van der Waals surface area contributed by atoms with Crippen LogP contribution in [0.2, 0.25) is 0 Å². The summed E-state index contributed by atoms with van der Waals surface area (Å²) in [5.74, 6) is 3.72. The van der Waals surface area contributed by atoms with Gasteiger partial charge in [-0.05, 0) is 32.6 Å². The van der Waals surface area contributed by atoms with Crippen LogP contribution >= 0.6 is 0 Å². The van der Waals surface area contributed by atoms with Crippen LogP contribution in [-0.4, -0.2) is 42.8 Å². The molecule has 1 saturated carbocycles. The van der Waals surface area contributed by atoms with Crippen LogP contribution in [0.1, 0.15) is 49.9 Å². The molecule has 2 heterocycles. The Kier molecular flexibility index (Phi) is 4.29. The summed E-state index contributed by atoms with van der Waals surface area (Å²) in [5.41, 5.74) is 1.17. The Morgan fingerprint density at radius 2 is 2.10 bits per heavy atom. The van der Waals surface area contributed by atoms with Gasteiger partial charge < -0.3 is 15.0 Å². The summed E-state index contributed by atoms with van der Waals surface area (Å²) < 4.78 is 5.49. The van der Waals surface area contributed by atoms with Crippen LogP contribution in [0.3, 0.4) is 0 Å². The van der Waals surface area contributed by atoms with Crippen molar-refractivity contribution in [2.75, 3.05) is 37.0 Å². The molecule has 2 fully saturated rings. The number of hydrogen-bond acceptors (Lipinski definition) is 5. The zero-order valence-corrected chi connectivity index (χ0v) is 13.4. The lowest BCUT2D eigenvalue weighted by molar-refractivity contribution is 0.121. The molecule has 1 aromatic heterocycles. The Morgan fingerprint density at radius 3 is 2.71 bits per heavy atom. The van der Waals surface area contributed by atoms with E-state index >= 15 is 0 Å². The molecule has 0 spiro atoms. The van der Waals surface area contributed by atoms with Gasteiger partial charge in [-0.15, -0.1) is 0 Å². The SMILES string of the molecule is CCCNc1nc(C2CC2)nc(N2CCC(OC)C2)c1C. The van der Waals surface area contributed by atoms with Gasteiger partial charge in [0.1, 0.15) is 17.5 Å². The molecule has 0 amide bonds. The van der Waals surface area contributed by atoms with Crippen molar-refractivity contribution in [1.82, 2.24) is 9.97 Å². The van der Waals surface area contributed by atoms with Crippen molar-refractivity contribution in [3.05, 3.63) is 11.4 Å². The van der Waals surface area contributed by atoms with Gasteiger partial charge in [-0.25, -0.2) is 9.97 Å². The summed E-state index contributed by atoms with van der Waals surface area (Å²) in [7, 11) is 1.80. The highest BCUT2D eigenvalue weighted by Crippen LogP contribution is 2.40. The molecule has 21 heavy (non-hydrogen) atoms. The summed E-state index contributed by atoms with van der Waals surface area (Å²) in [4.78, 5) is 12.0. The van der Waals surface area contributed by atoms with Crippen molar-refractivity contribution >= 4 is 11.6 Å². The van der Waals surface area contributed by atoms with E-state index in [1.165, 1.54) is 18.4 Å². The molecular formula is C16H26N4O. The van der Waals surface area contributed by atoms with E-state index < -0.39 is 0 Å². The molecule has 1 aromatic rings. The second-order valence-corrected chi connectivity index (χ2v) is 6.17. The van der Waals surface area contributed by atoms with Gasteiger partial charge in [0.05, 0.1) is 6.10 Å². The maximum absolute atomic E-state index is 5.49. The molecule has 1 atom stereocenters. The van der Waals surface area contributed by atoms with Gasteiger partial charge in [-0.3, -0.25) is 0 Å². The van der Waals surface area contributed by atoms with Crippen molar-refractivity contribution in [3.63, 3.8) is 0 Å². The number of rotatable bonds is 6. The summed E-state index contributed by atoms with van der Waals surface area (Å²) in [6, 6.07) is 0. The number of hydrogen-bond donors (Lipinski definition) is 1. The fourth-order valence-electron chi connectivity index (χ4n) is 2.88. The predicted octanol–water partition coefficient (Wildman–Crippen LogP) is 2.71. The first-order valence-corrected chi connectivity index (χ1v) is 8.13. The largest absolute Gasteiger partial charge is 0.380 e. The molecule has 1 unspecified atom stereocenters. The standard InChI is InChI=1S/C16H26N4O/c1-4-8-17-14-11(2)16(19-15(18-14)12-5-6-12)20-9-7-13(10-20)21-3/h12-13H,4-10H2,1-3H3,(H,17,18,19). The van der Waals surface area contributed by atoms with Gasteiger partial charge in [0.25, 0.3) is 0 Å². The molecular weight excluding hydrogens is 264 g/mol. The Bertz CT molecular complexity index is 501. The number of methoxy groups -OCH3 is 1. The summed E-state index contributed by atoms with van der Waals surface area (Å²) in [6.45, 7) is 7.22. The maximum atomic E-state index is 5.49. The Hall–Kier alpha value is -1.36. The third kappa shape index (κ3) is 3.12. The molecule has 5 nitrogen and oxygen atoms in total. The molecule has 1 saturated heterocycles. The van der Waals surface area contributed by atoms with E-state index in [-0.39, 0.29) is 0 Å². The number of nitrogens with one attached hydrogen (secondary N) is 1. The average molecular weight is 290 g/mol. The van der Waals surface area contributed by atoms with Gasteiger partial charge in [0.2, 0.25) is 0 Å². The van der Waals surface area contributed by atoms with Crippen LogP contribution in [0.4, 0.5) is 11.6 Å². The van der Waals surface area contributed by atoms with E-state index in [0.29, 0.717) is 12.0 Å². The lowest BCUT2D eigenvalue weighted by Crippen LogP contribution is -2.25. The molecule has 0 bridgehead atoms. The molecule has 3 rings (SSSR count). The molecule has 116 valence electrons. The van der Waals surface area contributed by atoms with E-state index in [0.717, 1.165) is 49.9 Å². The van der Waals surface area contributed by atoms with Crippen LogP contribution in [0.25, 0.3) is 0 Å². The van der Waals surface area contributed by atoms with Crippen LogP contribution in [0.5, 0.6) is 0 Å². The summed E-state index contributed by atoms with van der Waals surface area (Å²) >= 11 is 0. The minimum atomic E-state index is 0.329. The highest BCUT2D eigenvalue weighted by Gasteiger charge is 2.31. The summed E-state index contributed by atoms with van der Waals surface area (Å²) in [6.07, 6.45) is 4.98. The van der Waals surface area contributed by atoms with Gasteiger partial charge >= 0.3 is 0 Å². The highest BCUT2D eigenvalue weighted by atomic mass is 16.5. The minimum Gasteiger partial charge on any atom is -0.380 e. The van der Waals surface area contributed by atoms with E-state index in [9.17, 15) is 0 Å².